The lowest BCUT2D eigenvalue weighted by atomic mass is 9.88. The molecule has 3 N–H and O–H groups in total. The molecule has 0 spiro atoms. The van der Waals surface area contributed by atoms with Crippen LogP contribution in [0.2, 0.25) is 0 Å². The Bertz CT molecular complexity index is 1230. The number of aromatic nitrogens is 2. The van der Waals surface area contributed by atoms with Gasteiger partial charge >= 0.3 is 0 Å². The summed E-state index contributed by atoms with van der Waals surface area (Å²) >= 11 is 0. The van der Waals surface area contributed by atoms with Crippen LogP contribution in [0.5, 0.6) is 0 Å². The second kappa shape index (κ2) is 5.92. The number of nitrogen functional groups attached to an aromatic ring is 1. The Morgan fingerprint density at radius 1 is 1.21 bits per heavy atom. The van der Waals surface area contributed by atoms with Gasteiger partial charge in [-0.25, -0.2) is 4.98 Å². The zero-order valence-electron chi connectivity index (χ0n) is 16.0. The standard InChI is InChI=1S/C22H22N4O2/c1-3-12-15-7-11(23)5-6-18(15)25-20-17(12)10-26-19(20)8-14-13(4-2)21(27)24-9-16(14)22(26)28/h5-8,13H,3-4,9-10,23H2,1-2H3,(H,24,27)/t13-/m1/s1. The fraction of sp³-hybridized carbons (Fsp3) is 0.318. The number of carbonyl (C=O) groups excluding carboxylic acids is 1. The molecule has 2 aliphatic heterocycles. The minimum atomic E-state index is -0.280. The van der Waals surface area contributed by atoms with Gasteiger partial charge in [0.15, 0.2) is 0 Å². The van der Waals surface area contributed by atoms with E-state index in [1.807, 2.05) is 35.8 Å². The van der Waals surface area contributed by atoms with Gasteiger partial charge in [0.25, 0.3) is 5.56 Å². The van der Waals surface area contributed by atoms with Crippen molar-refractivity contribution in [3.63, 3.8) is 0 Å². The van der Waals surface area contributed by atoms with Crippen LogP contribution in [0, 0.1) is 0 Å². The van der Waals surface area contributed by atoms with E-state index in [1.54, 1.807) is 0 Å². The number of carbonyl (C=O) groups is 1. The van der Waals surface area contributed by atoms with Gasteiger partial charge in [0, 0.05) is 28.7 Å². The van der Waals surface area contributed by atoms with E-state index < -0.39 is 0 Å². The Morgan fingerprint density at radius 3 is 2.79 bits per heavy atom. The van der Waals surface area contributed by atoms with Gasteiger partial charge in [-0.15, -0.1) is 0 Å². The van der Waals surface area contributed by atoms with Crippen LogP contribution in [0.15, 0.2) is 29.1 Å². The number of benzene rings is 1. The van der Waals surface area contributed by atoms with E-state index in [9.17, 15) is 9.59 Å². The number of nitrogens with zero attached hydrogens (tertiary/aromatic N) is 2. The number of nitrogens with two attached hydrogens (primary N) is 1. The molecule has 1 aromatic carbocycles. The Labute approximate surface area is 162 Å². The second-order valence-electron chi connectivity index (χ2n) is 7.58. The molecule has 0 unspecified atom stereocenters. The predicted octanol–water partition coefficient (Wildman–Crippen LogP) is 2.69. The van der Waals surface area contributed by atoms with Gasteiger partial charge in [-0.05, 0) is 48.2 Å². The highest BCUT2D eigenvalue weighted by atomic mass is 16.2. The highest BCUT2D eigenvalue weighted by molar-refractivity contribution is 5.91. The molecule has 28 heavy (non-hydrogen) atoms. The smallest absolute Gasteiger partial charge is 0.256 e. The number of fused-ring (bicyclic) bond motifs is 5. The number of amides is 1. The van der Waals surface area contributed by atoms with Gasteiger partial charge in [0.05, 0.1) is 29.4 Å². The van der Waals surface area contributed by atoms with Crippen LogP contribution in [0.4, 0.5) is 5.69 Å². The fourth-order valence-corrected chi connectivity index (χ4v) is 4.73. The van der Waals surface area contributed by atoms with Crippen molar-refractivity contribution in [3.05, 3.63) is 56.9 Å². The zero-order valence-corrected chi connectivity index (χ0v) is 16.0. The molecule has 0 bridgehead atoms. The molecule has 0 aliphatic carbocycles. The van der Waals surface area contributed by atoms with E-state index in [0.29, 0.717) is 30.8 Å². The van der Waals surface area contributed by atoms with Crippen LogP contribution < -0.4 is 16.6 Å². The van der Waals surface area contributed by atoms with Crippen molar-refractivity contribution in [2.45, 2.75) is 45.7 Å². The molecular weight excluding hydrogens is 352 g/mol. The molecule has 6 nitrogen and oxygen atoms in total. The van der Waals surface area contributed by atoms with Gasteiger partial charge in [-0.2, -0.15) is 0 Å². The van der Waals surface area contributed by atoms with Crippen molar-refractivity contribution < 1.29 is 4.79 Å². The van der Waals surface area contributed by atoms with Crippen molar-refractivity contribution in [2.24, 2.45) is 0 Å². The van der Waals surface area contributed by atoms with Gasteiger partial charge in [-0.3, -0.25) is 9.59 Å². The third kappa shape index (κ3) is 2.17. The summed E-state index contributed by atoms with van der Waals surface area (Å²) in [7, 11) is 0. The Balaban J connectivity index is 1.82. The average Bonchev–Trinajstić information content (AvgIpc) is 3.05. The quantitative estimate of drug-likeness (QED) is 0.528. The van der Waals surface area contributed by atoms with Gasteiger partial charge in [0.1, 0.15) is 0 Å². The number of nitrogens with one attached hydrogen (secondary N) is 1. The average molecular weight is 374 g/mol. The Hall–Kier alpha value is -3.15. The van der Waals surface area contributed by atoms with Crippen LogP contribution in [0.25, 0.3) is 22.3 Å². The number of pyridine rings is 2. The monoisotopic (exact) mass is 374 g/mol. The Morgan fingerprint density at radius 2 is 2.04 bits per heavy atom. The molecule has 0 fully saturated rings. The number of hydrogen-bond donors (Lipinski definition) is 2. The molecule has 4 heterocycles. The SMILES string of the molecule is CCc1c2c(nc3ccc(N)cc13)-c1cc3c(c(=O)n1C2)CNC(=O)[C@@H]3CC. The number of rotatable bonds is 2. The van der Waals surface area contributed by atoms with Crippen LogP contribution in [-0.2, 0) is 24.3 Å². The maximum Gasteiger partial charge on any atom is 0.256 e. The summed E-state index contributed by atoms with van der Waals surface area (Å²) < 4.78 is 1.81. The maximum absolute atomic E-state index is 13.3. The van der Waals surface area contributed by atoms with E-state index in [-0.39, 0.29) is 17.4 Å². The topological polar surface area (TPSA) is 90.0 Å². The largest absolute Gasteiger partial charge is 0.399 e. The lowest BCUT2D eigenvalue weighted by molar-refractivity contribution is -0.123. The fourth-order valence-electron chi connectivity index (χ4n) is 4.73. The minimum absolute atomic E-state index is 0.00577. The molecule has 2 aromatic heterocycles. The van der Waals surface area contributed by atoms with Crippen LogP contribution in [0.3, 0.4) is 0 Å². The number of hydrogen-bond acceptors (Lipinski definition) is 4. The zero-order chi connectivity index (χ0) is 19.6. The highest BCUT2D eigenvalue weighted by Gasteiger charge is 2.33. The van der Waals surface area contributed by atoms with Crippen molar-refractivity contribution >= 4 is 22.5 Å². The molecule has 5 rings (SSSR count). The van der Waals surface area contributed by atoms with Crippen molar-refractivity contribution in [2.75, 3.05) is 5.73 Å². The third-order valence-electron chi connectivity index (χ3n) is 6.11. The van der Waals surface area contributed by atoms with Crippen LogP contribution in [0.1, 0.15) is 48.4 Å². The van der Waals surface area contributed by atoms with Gasteiger partial charge in [-0.1, -0.05) is 13.8 Å². The molecular formula is C22H22N4O2. The van der Waals surface area contributed by atoms with Gasteiger partial charge < -0.3 is 15.6 Å². The molecule has 142 valence electrons. The van der Waals surface area contributed by atoms with E-state index in [1.165, 1.54) is 5.56 Å². The number of aryl methyl sites for hydroxylation is 1. The molecule has 3 aromatic rings. The second-order valence-corrected chi connectivity index (χ2v) is 7.58. The number of anilines is 1. The molecule has 0 saturated heterocycles. The van der Waals surface area contributed by atoms with Crippen molar-refractivity contribution in [1.29, 1.82) is 0 Å². The first-order valence-corrected chi connectivity index (χ1v) is 9.79. The summed E-state index contributed by atoms with van der Waals surface area (Å²) in [6.45, 7) is 4.91. The molecule has 1 amide bonds. The normalized spacial score (nSPS) is 17.2. The Kier molecular flexibility index (Phi) is 3.59. The first-order chi connectivity index (χ1) is 13.5. The van der Waals surface area contributed by atoms with Crippen LogP contribution >= 0.6 is 0 Å². The summed E-state index contributed by atoms with van der Waals surface area (Å²) in [5.41, 5.74) is 13.1. The van der Waals surface area contributed by atoms with E-state index in [2.05, 4.69) is 12.2 Å². The summed E-state index contributed by atoms with van der Waals surface area (Å²) in [6, 6.07) is 7.78. The molecule has 0 saturated carbocycles. The first kappa shape index (κ1) is 17.0. The van der Waals surface area contributed by atoms with Crippen molar-refractivity contribution in [3.8, 4) is 11.4 Å². The maximum atomic E-state index is 13.3. The van der Waals surface area contributed by atoms with Crippen molar-refractivity contribution in [1.82, 2.24) is 14.9 Å². The van der Waals surface area contributed by atoms with E-state index in [0.717, 1.165) is 39.8 Å². The van der Waals surface area contributed by atoms with Gasteiger partial charge in [0.2, 0.25) is 5.91 Å². The molecule has 2 aliphatic rings. The molecule has 0 radical (unpaired) electrons. The first-order valence-electron chi connectivity index (χ1n) is 9.79. The lowest BCUT2D eigenvalue weighted by Crippen LogP contribution is -2.39. The lowest BCUT2D eigenvalue weighted by Gasteiger charge is -2.25. The minimum Gasteiger partial charge on any atom is -0.399 e. The van der Waals surface area contributed by atoms with E-state index >= 15 is 0 Å². The van der Waals surface area contributed by atoms with Crippen LogP contribution in [-0.4, -0.2) is 15.5 Å². The highest BCUT2D eigenvalue weighted by Crippen LogP contribution is 2.38. The summed E-state index contributed by atoms with van der Waals surface area (Å²) in [4.78, 5) is 30.4. The summed E-state index contributed by atoms with van der Waals surface area (Å²) in [5, 5.41) is 3.92. The van der Waals surface area contributed by atoms with E-state index in [4.69, 9.17) is 10.7 Å². The summed E-state index contributed by atoms with van der Waals surface area (Å²) in [6.07, 6.45) is 1.50. The third-order valence-corrected chi connectivity index (χ3v) is 6.11. The molecule has 1 atom stereocenters. The summed E-state index contributed by atoms with van der Waals surface area (Å²) in [5.74, 6) is -0.286. The predicted molar refractivity (Wildman–Crippen MR) is 109 cm³/mol. The molecule has 6 heteroatoms.